The molecule has 1 aliphatic heterocycles. The predicted octanol–water partition coefficient (Wildman–Crippen LogP) is 4.17. The van der Waals surface area contributed by atoms with E-state index in [1.165, 1.54) is 12.1 Å². The highest BCUT2D eigenvalue weighted by atomic mass is 32.2. The number of anilines is 1. The van der Waals surface area contributed by atoms with E-state index >= 15 is 0 Å². The first-order valence-electron chi connectivity index (χ1n) is 8.49. The van der Waals surface area contributed by atoms with Gasteiger partial charge in [0, 0.05) is 37.6 Å². The molecule has 1 aromatic heterocycles. The lowest BCUT2D eigenvalue weighted by Crippen LogP contribution is -2.46. The van der Waals surface area contributed by atoms with Gasteiger partial charge in [0.1, 0.15) is 5.01 Å². The van der Waals surface area contributed by atoms with Crippen LogP contribution in [-0.4, -0.2) is 53.6 Å². The SMILES string of the molecule is Cc1nnc(SCCCN2CCN(c3cccc(C(F)(F)F)c3)CC2)s1. The molecule has 0 spiro atoms. The maximum absolute atomic E-state index is 12.9. The summed E-state index contributed by atoms with van der Waals surface area (Å²) in [7, 11) is 0. The topological polar surface area (TPSA) is 32.3 Å². The summed E-state index contributed by atoms with van der Waals surface area (Å²) in [5.74, 6) is 1.00. The zero-order chi connectivity index (χ0) is 18.6. The van der Waals surface area contributed by atoms with Crippen LogP contribution in [0.4, 0.5) is 18.9 Å². The normalized spacial score (nSPS) is 16.2. The van der Waals surface area contributed by atoms with Gasteiger partial charge in [0.2, 0.25) is 0 Å². The number of benzene rings is 1. The van der Waals surface area contributed by atoms with Crippen LogP contribution in [0, 0.1) is 6.92 Å². The first-order chi connectivity index (χ1) is 12.4. The second-order valence-electron chi connectivity index (χ2n) is 6.17. The average molecular weight is 403 g/mol. The van der Waals surface area contributed by atoms with Gasteiger partial charge in [0.25, 0.3) is 0 Å². The van der Waals surface area contributed by atoms with Gasteiger partial charge < -0.3 is 4.90 Å². The fraction of sp³-hybridized carbons (Fsp3) is 0.529. The van der Waals surface area contributed by atoms with Crippen LogP contribution in [0.5, 0.6) is 0 Å². The van der Waals surface area contributed by atoms with Crippen molar-refractivity contribution < 1.29 is 13.2 Å². The number of thioether (sulfide) groups is 1. The largest absolute Gasteiger partial charge is 0.416 e. The minimum atomic E-state index is -4.29. The second-order valence-corrected chi connectivity index (χ2v) is 8.69. The standard InChI is InChI=1S/C17H21F3N4S2/c1-13-21-22-16(26-13)25-11-3-6-23-7-9-24(10-8-23)15-5-2-4-14(12-15)17(18,19)20/h2,4-5,12H,3,6-11H2,1H3. The Bertz CT molecular complexity index is 712. The summed E-state index contributed by atoms with van der Waals surface area (Å²) in [5.41, 5.74) is 0.0723. The summed E-state index contributed by atoms with van der Waals surface area (Å²) in [6.07, 6.45) is -3.23. The smallest absolute Gasteiger partial charge is 0.369 e. The van der Waals surface area contributed by atoms with Crippen LogP contribution in [0.25, 0.3) is 0 Å². The molecule has 0 unspecified atom stereocenters. The van der Waals surface area contributed by atoms with E-state index in [1.807, 2.05) is 11.8 Å². The van der Waals surface area contributed by atoms with E-state index < -0.39 is 11.7 Å². The molecule has 0 atom stereocenters. The third-order valence-corrected chi connectivity index (χ3v) is 6.32. The number of nitrogens with zero attached hydrogens (tertiary/aromatic N) is 4. The van der Waals surface area contributed by atoms with Crippen molar-refractivity contribution in [3.63, 3.8) is 0 Å². The summed E-state index contributed by atoms with van der Waals surface area (Å²) in [4.78, 5) is 4.40. The van der Waals surface area contributed by atoms with Gasteiger partial charge in [-0.25, -0.2) is 0 Å². The van der Waals surface area contributed by atoms with Gasteiger partial charge in [-0.1, -0.05) is 29.2 Å². The summed E-state index contributed by atoms with van der Waals surface area (Å²) in [5, 5.41) is 9.09. The third kappa shape index (κ3) is 5.34. The number of aryl methyl sites for hydroxylation is 1. The number of alkyl halides is 3. The van der Waals surface area contributed by atoms with Gasteiger partial charge in [0.05, 0.1) is 5.56 Å². The van der Waals surface area contributed by atoms with Gasteiger partial charge >= 0.3 is 6.18 Å². The summed E-state index contributed by atoms with van der Waals surface area (Å²) in [6.45, 7) is 6.21. The number of hydrogen-bond acceptors (Lipinski definition) is 6. The molecule has 0 radical (unpaired) electrons. The molecule has 2 heterocycles. The summed E-state index contributed by atoms with van der Waals surface area (Å²) in [6, 6.07) is 5.61. The molecule has 2 aromatic rings. The molecule has 0 N–H and O–H groups in total. The fourth-order valence-electron chi connectivity index (χ4n) is 2.89. The average Bonchev–Trinajstić information content (AvgIpc) is 3.04. The van der Waals surface area contributed by atoms with E-state index in [9.17, 15) is 13.2 Å². The zero-order valence-electron chi connectivity index (χ0n) is 14.5. The Kier molecular flexibility index (Phi) is 6.42. The molecular weight excluding hydrogens is 381 g/mol. The van der Waals surface area contributed by atoms with Gasteiger partial charge in [-0.05, 0) is 38.1 Å². The molecule has 3 rings (SSSR count). The number of piperazine rings is 1. The summed E-state index contributed by atoms with van der Waals surface area (Å²) >= 11 is 3.35. The van der Waals surface area contributed by atoms with Gasteiger partial charge in [-0.3, -0.25) is 4.90 Å². The van der Waals surface area contributed by atoms with Crippen LogP contribution in [0.2, 0.25) is 0 Å². The minimum absolute atomic E-state index is 0.582. The Morgan fingerprint density at radius 1 is 1.15 bits per heavy atom. The van der Waals surface area contributed by atoms with E-state index in [2.05, 4.69) is 15.1 Å². The minimum Gasteiger partial charge on any atom is -0.369 e. The van der Waals surface area contributed by atoms with E-state index in [-0.39, 0.29) is 0 Å². The number of aromatic nitrogens is 2. The third-order valence-electron chi connectivity index (χ3n) is 4.26. The van der Waals surface area contributed by atoms with Gasteiger partial charge in [-0.15, -0.1) is 10.2 Å². The van der Waals surface area contributed by atoms with Crippen molar-refractivity contribution in [3.05, 3.63) is 34.8 Å². The first kappa shape index (κ1) is 19.4. The quantitative estimate of drug-likeness (QED) is 0.535. The monoisotopic (exact) mass is 402 g/mol. The highest BCUT2D eigenvalue weighted by Crippen LogP contribution is 2.32. The van der Waals surface area contributed by atoms with Crippen LogP contribution in [-0.2, 0) is 6.18 Å². The van der Waals surface area contributed by atoms with Crippen LogP contribution < -0.4 is 4.90 Å². The van der Waals surface area contributed by atoms with Gasteiger partial charge in [0.15, 0.2) is 4.34 Å². The van der Waals surface area contributed by atoms with Crippen LogP contribution in [0.1, 0.15) is 17.0 Å². The van der Waals surface area contributed by atoms with Crippen molar-refractivity contribution in [2.45, 2.75) is 23.9 Å². The molecule has 0 aliphatic carbocycles. The van der Waals surface area contributed by atoms with Crippen molar-refractivity contribution in [1.29, 1.82) is 0 Å². The molecule has 1 aliphatic rings. The second kappa shape index (κ2) is 8.58. The molecule has 9 heteroatoms. The lowest BCUT2D eigenvalue weighted by atomic mass is 10.1. The maximum Gasteiger partial charge on any atom is 0.416 e. The molecular formula is C17H21F3N4S2. The summed E-state index contributed by atoms with van der Waals surface area (Å²) < 4.78 is 39.6. The van der Waals surface area contributed by atoms with Crippen LogP contribution in [0.3, 0.4) is 0 Å². The highest BCUT2D eigenvalue weighted by molar-refractivity contribution is 8.01. The highest BCUT2D eigenvalue weighted by Gasteiger charge is 2.31. The van der Waals surface area contributed by atoms with Crippen LogP contribution >= 0.6 is 23.1 Å². The molecule has 1 fully saturated rings. The van der Waals surface area contributed by atoms with Crippen molar-refractivity contribution in [2.24, 2.45) is 0 Å². The van der Waals surface area contributed by atoms with Gasteiger partial charge in [-0.2, -0.15) is 13.2 Å². The van der Waals surface area contributed by atoms with Crippen molar-refractivity contribution in [3.8, 4) is 0 Å². The maximum atomic E-state index is 12.9. The lowest BCUT2D eigenvalue weighted by Gasteiger charge is -2.36. The first-order valence-corrected chi connectivity index (χ1v) is 10.3. The number of halogens is 3. The van der Waals surface area contributed by atoms with E-state index in [1.54, 1.807) is 29.2 Å². The van der Waals surface area contributed by atoms with E-state index in [0.29, 0.717) is 5.69 Å². The van der Waals surface area contributed by atoms with Crippen molar-refractivity contribution in [1.82, 2.24) is 15.1 Å². The van der Waals surface area contributed by atoms with E-state index in [4.69, 9.17) is 0 Å². The van der Waals surface area contributed by atoms with Crippen LogP contribution in [0.15, 0.2) is 28.6 Å². The molecule has 0 saturated carbocycles. The molecule has 4 nitrogen and oxygen atoms in total. The molecule has 26 heavy (non-hydrogen) atoms. The van der Waals surface area contributed by atoms with E-state index in [0.717, 1.165) is 60.3 Å². The number of rotatable bonds is 6. The fourth-order valence-corrected chi connectivity index (χ4v) is 4.70. The molecule has 1 saturated heterocycles. The Hall–Kier alpha value is -1.32. The Morgan fingerprint density at radius 2 is 1.92 bits per heavy atom. The van der Waals surface area contributed by atoms with Crippen molar-refractivity contribution in [2.75, 3.05) is 43.4 Å². The molecule has 0 bridgehead atoms. The Morgan fingerprint density at radius 3 is 2.58 bits per heavy atom. The Labute approximate surface area is 159 Å². The van der Waals surface area contributed by atoms with Crippen molar-refractivity contribution >= 4 is 28.8 Å². The molecule has 1 aromatic carbocycles. The number of hydrogen-bond donors (Lipinski definition) is 0. The zero-order valence-corrected chi connectivity index (χ0v) is 16.1. The molecule has 0 amide bonds. The lowest BCUT2D eigenvalue weighted by molar-refractivity contribution is -0.137. The predicted molar refractivity (Wildman–Crippen MR) is 100 cm³/mol. The Balaban J connectivity index is 1.41. The molecule has 142 valence electrons.